The first kappa shape index (κ1) is 96.0. The van der Waals surface area contributed by atoms with Crippen LogP contribution in [0.15, 0.2) is 297 Å². The molecule has 0 unspecified atom stereocenters. The molecule has 16 rings (SSSR count). The van der Waals surface area contributed by atoms with Crippen LogP contribution in [0.4, 0.5) is 11.4 Å². The Morgan fingerprint density at radius 3 is 0.843 bits per heavy atom. The normalized spacial score (nSPS) is 11.6. The van der Waals surface area contributed by atoms with E-state index in [0.717, 1.165) is 16.6 Å². The van der Waals surface area contributed by atoms with Gasteiger partial charge in [-0.3, -0.25) is 0 Å². The number of rotatable bonds is 30. The topological polar surface area (TPSA) is 437 Å². The number of ether oxygens (including phenoxy) is 7. The van der Waals surface area contributed by atoms with Gasteiger partial charge in [0.15, 0.2) is 11.4 Å². The lowest BCUT2D eigenvalue weighted by Gasteiger charge is -2.33. The van der Waals surface area contributed by atoms with Gasteiger partial charge in [-0.1, -0.05) is 84.4 Å². The van der Waals surface area contributed by atoms with Gasteiger partial charge in [-0.15, -0.1) is 0 Å². The van der Waals surface area contributed by atoms with Crippen LogP contribution in [0.5, 0.6) is 80.5 Å². The number of nitriles is 4. The van der Waals surface area contributed by atoms with Crippen molar-refractivity contribution in [2.24, 2.45) is 0 Å². The van der Waals surface area contributed by atoms with Crippen LogP contribution >= 0.6 is 0 Å². The Balaban J connectivity index is 0.000000188. The minimum atomic E-state index is -1.74. The average molecular weight is 1780 g/mol. The van der Waals surface area contributed by atoms with Gasteiger partial charge in [-0.05, 0) is 302 Å². The van der Waals surface area contributed by atoms with Crippen LogP contribution in [0.2, 0.25) is 0 Å². The lowest BCUT2D eigenvalue weighted by Crippen LogP contribution is -2.62. The molecular weight excluding hydrogens is 1700 g/mol. The van der Waals surface area contributed by atoms with Crippen LogP contribution in [0.3, 0.4) is 0 Å². The molecule has 0 aliphatic carbocycles. The fourth-order valence-electron chi connectivity index (χ4n) is 13.9. The van der Waals surface area contributed by atoms with Gasteiger partial charge in [0.05, 0.1) is 106 Å². The minimum Gasteiger partial charge on any atom is -0.457 e. The fourth-order valence-corrected chi connectivity index (χ4v) is 13.9. The molecule has 29 nitrogen and oxygen atoms in total. The van der Waals surface area contributed by atoms with Crippen molar-refractivity contribution in [3.63, 3.8) is 0 Å². The van der Waals surface area contributed by atoms with Crippen LogP contribution < -0.4 is 71.4 Å². The Labute approximate surface area is 772 Å². The predicted octanol–water partition coefficient (Wildman–Crippen LogP) is 10.9. The Bertz CT molecular complexity index is 6430. The molecule has 658 valence electrons. The van der Waals surface area contributed by atoms with E-state index in [1.54, 1.807) is 243 Å². The lowest BCUT2D eigenvalue weighted by molar-refractivity contribution is 0.275. The predicted molar refractivity (Wildman–Crippen MR) is 501 cm³/mol. The summed E-state index contributed by atoms with van der Waals surface area (Å²) in [5.74, 6) is 6.69. The van der Waals surface area contributed by atoms with Crippen molar-refractivity contribution in [3.8, 4) is 105 Å². The van der Waals surface area contributed by atoms with E-state index in [1.165, 1.54) is 24.3 Å². The second-order valence-corrected chi connectivity index (χ2v) is 29.6. The van der Waals surface area contributed by atoms with Gasteiger partial charge >= 0.3 is 49.8 Å². The SMILES string of the molecule is Cc1ccc(Oc2ccc(B(O)OB(OB(O)c3ccc(Oc4ccc(C#N)cc4)cc3CO)c3ccc(Oc4ccc(C#N)cc4)cc3CO)c(CO)c2)cc1.O.[C-]#[N+]c1ccc(Oc2ccc(B3OB(c4ccc(Oc5ccc(C#N)cc5)cc4CO)OB(c4ccc(Oc5ccc(C#N)cc5)cc4CO)O3)c(CO)c2)cc1.[C-]#[N+]c1ccc(Oc2ccc3c(c2)COB3O)cc1. The van der Waals surface area contributed by atoms with Gasteiger partial charge in [0.2, 0.25) is 0 Å². The maximum absolute atomic E-state index is 11.5. The number of hydrogen-bond acceptors (Lipinski definition) is 26. The monoisotopic (exact) mass is 1780 g/mol. The maximum Gasteiger partial charge on any atom is 0.491 e. The van der Waals surface area contributed by atoms with Gasteiger partial charge in [0, 0.05) is 0 Å². The highest BCUT2D eigenvalue weighted by atomic mass is 16.7. The van der Waals surface area contributed by atoms with Gasteiger partial charge in [-0.2, -0.15) is 21.0 Å². The van der Waals surface area contributed by atoms with Crippen LogP contribution in [-0.2, 0) is 73.8 Å². The lowest BCUT2D eigenvalue weighted by atomic mass is 9.59. The molecule has 134 heavy (non-hydrogen) atoms. The van der Waals surface area contributed by atoms with Crippen molar-refractivity contribution in [2.75, 3.05) is 0 Å². The highest BCUT2D eigenvalue weighted by Gasteiger charge is 2.46. The van der Waals surface area contributed by atoms with E-state index < -0.39 is 89.5 Å². The first-order chi connectivity index (χ1) is 64.8. The van der Waals surface area contributed by atoms with Crippen LogP contribution in [0, 0.1) is 65.4 Å². The third-order valence-corrected chi connectivity index (χ3v) is 20.8. The third kappa shape index (κ3) is 24.7. The largest absolute Gasteiger partial charge is 0.491 e. The molecule has 0 aromatic heterocycles. The van der Waals surface area contributed by atoms with Crippen molar-refractivity contribution in [1.82, 2.24) is 0 Å². The van der Waals surface area contributed by atoms with E-state index in [2.05, 4.69) is 21.8 Å². The Morgan fingerprint density at radius 2 is 0.560 bits per heavy atom. The van der Waals surface area contributed by atoms with Crippen molar-refractivity contribution in [3.05, 3.63) is 387 Å². The first-order valence-electron chi connectivity index (χ1n) is 41.1. The average Bonchev–Trinajstić information content (AvgIpc) is 1.00. The van der Waals surface area contributed by atoms with E-state index >= 15 is 0 Å². The summed E-state index contributed by atoms with van der Waals surface area (Å²) in [5, 5.41) is 132. The smallest absolute Gasteiger partial charge is 0.457 e. The zero-order chi connectivity index (χ0) is 93.3. The molecule has 2 heterocycles. The van der Waals surface area contributed by atoms with Gasteiger partial charge in [-0.25, -0.2) is 9.69 Å². The zero-order valence-corrected chi connectivity index (χ0v) is 71.3. The summed E-state index contributed by atoms with van der Waals surface area (Å²) < 4.78 is 78.1. The second-order valence-electron chi connectivity index (χ2n) is 29.6. The van der Waals surface area contributed by atoms with E-state index in [9.17, 15) is 45.7 Å². The summed E-state index contributed by atoms with van der Waals surface area (Å²) in [6.45, 7) is 13.7. The van der Waals surface area contributed by atoms with Crippen molar-refractivity contribution in [2.45, 2.75) is 53.2 Å². The van der Waals surface area contributed by atoms with Crippen molar-refractivity contribution in [1.29, 1.82) is 21.0 Å². The molecule has 0 spiro atoms. The maximum atomic E-state index is 11.5. The summed E-state index contributed by atoms with van der Waals surface area (Å²) in [5.41, 5.74) is 9.86. The molecule has 14 aromatic rings. The molecule has 0 radical (unpaired) electrons. The summed E-state index contributed by atoms with van der Waals surface area (Å²) in [7, 11) is -9.20. The first-order valence-corrected chi connectivity index (χ1v) is 41.1. The molecule has 1 saturated heterocycles. The molecular formula is C98H77B7N6O23. The van der Waals surface area contributed by atoms with E-state index in [-0.39, 0.29) is 33.0 Å². The summed E-state index contributed by atoms with van der Waals surface area (Å²) in [6, 6.07) is 90.0. The molecule has 0 saturated carbocycles. The highest BCUT2D eigenvalue weighted by Crippen LogP contribution is 2.33. The number of aliphatic hydroxyl groups is 6. The Hall–Kier alpha value is -15.6. The molecule has 2 aliphatic heterocycles. The van der Waals surface area contributed by atoms with E-state index in [0.29, 0.717) is 159 Å². The molecule has 2 aliphatic rings. The number of aryl methyl sites for hydroxylation is 1. The summed E-state index contributed by atoms with van der Waals surface area (Å²) in [6.07, 6.45) is 0. The molecule has 0 atom stereocenters. The highest BCUT2D eigenvalue weighted by molar-refractivity contribution is 6.87. The van der Waals surface area contributed by atoms with Crippen molar-refractivity contribution >= 4 is 99.4 Å². The Kier molecular flexibility index (Phi) is 33.2. The standard InChI is InChI=1S/C42H30B3N3O9.C42H35B3N2O10.C14H10BNO3.H2O/c1-48-33-6-12-36(13-7-33)54-39-16-19-42(32(22-39)27-51)45-56-43(40-17-14-37(20-30(40)25-49)52-34-8-2-28(23-46)3-9-34)55-44(57-45)41-18-15-38(21-31(41)26-50)53-35-10-4-29(24-47)5-11-35;1-28-2-8-34(9-3-28)53-37-14-17-40(31(20-37)25-48)43(51)56-45(42-19-16-39(22-33(42)27-50)55-36-12-6-30(24-47)7-13-36)57-44(52)41-18-15-38(21-32(41)26-49)54-35-10-4-29(23-46)5-11-35;1-16-11-2-4-12(5-3-11)19-13-6-7-14-10(8-13)9-18-15(14)17;/h2-22,49-51H,25-27H2;2-22,48-52H,25-27H2,1H3;2-8,17H,9H2;1H2. The van der Waals surface area contributed by atoms with Gasteiger partial charge < -0.3 is 112 Å². The second kappa shape index (κ2) is 46.3. The van der Waals surface area contributed by atoms with Crippen LogP contribution in [0.1, 0.15) is 66.8 Å². The fraction of sp³-hybridized carbons (Fsp3) is 0.0816. The molecule has 1 fully saturated rings. The zero-order valence-electron chi connectivity index (χ0n) is 71.3. The molecule has 0 amide bonds. The van der Waals surface area contributed by atoms with E-state index in [4.69, 9.17) is 94.9 Å². The van der Waals surface area contributed by atoms with Gasteiger partial charge in [0.25, 0.3) is 0 Å². The number of fused-ring (bicyclic) bond motifs is 1. The number of benzene rings is 14. The van der Waals surface area contributed by atoms with Crippen LogP contribution in [0.25, 0.3) is 9.69 Å². The molecule has 0 bridgehead atoms. The van der Waals surface area contributed by atoms with Crippen molar-refractivity contribution < 1.29 is 112 Å². The molecule has 36 heteroatoms. The Morgan fingerprint density at radius 1 is 0.321 bits per heavy atom. The third-order valence-electron chi connectivity index (χ3n) is 20.8. The number of aliphatic hydroxyl groups excluding tert-OH is 6. The number of nitrogens with zero attached hydrogens (tertiary/aromatic N) is 6. The minimum absolute atomic E-state index is 0. The molecule has 14 aromatic carbocycles. The quantitative estimate of drug-likeness (QED) is 0.0149. The summed E-state index contributed by atoms with van der Waals surface area (Å²) >= 11 is 0. The number of hydrogen-bond donors (Lipinski definition) is 9. The van der Waals surface area contributed by atoms with Gasteiger partial charge in [0.1, 0.15) is 80.5 Å². The molecule has 11 N–H and O–H groups in total. The summed E-state index contributed by atoms with van der Waals surface area (Å²) in [4.78, 5) is 6.73. The van der Waals surface area contributed by atoms with E-state index in [1.807, 2.05) is 49.4 Å². The van der Waals surface area contributed by atoms with Crippen LogP contribution in [-0.4, -0.2) is 101 Å².